The monoisotopic (exact) mass is 380 g/mol. The molecule has 0 atom stereocenters. The van der Waals surface area contributed by atoms with Crippen LogP contribution in [0.4, 0.5) is 0 Å². The molecular formula is C26H17ClO. The molecule has 1 aromatic heterocycles. The van der Waals surface area contributed by atoms with Crippen LogP contribution in [0.2, 0.25) is 5.02 Å². The van der Waals surface area contributed by atoms with Crippen LogP contribution >= 0.6 is 11.6 Å². The second-order valence-electron chi connectivity index (χ2n) is 7.67. The Bertz CT molecular complexity index is 1350. The molecule has 1 aliphatic rings. The summed E-state index contributed by atoms with van der Waals surface area (Å²) >= 11 is 6.20. The number of furan rings is 1. The first-order valence-corrected chi connectivity index (χ1v) is 9.86. The molecule has 0 bridgehead atoms. The summed E-state index contributed by atoms with van der Waals surface area (Å²) in [4.78, 5) is 0. The van der Waals surface area contributed by atoms with Crippen molar-refractivity contribution in [1.82, 2.24) is 0 Å². The van der Waals surface area contributed by atoms with Crippen LogP contribution in [0.3, 0.4) is 0 Å². The molecule has 0 spiro atoms. The normalized spacial score (nSPS) is 14.4. The summed E-state index contributed by atoms with van der Waals surface area (Å²) in [5.41, 5.74) is 8.12. The Morgan fingerprint density at radius 3 is 2.07 bits per heavy atom. The number of benzene rings is 4. The van der Waals surface area contributed by atoms with Gasteiger partial charge in [-0.1, -0.05) is 72.3 Å². The number of fused-ring (bicyclic) bond motifs is 6. The zero-order valence-corrected chi connectivity index (χ0v) is 16.1. The van der Waals surface area contributed by atoms with Gasteiger partial charge in [-0.05, 0) is 59.0 Å². The third-order valence-corrected chi connectivity index (χ3v) is 6.47. The van der Waals surface area contributed by atoms with E-state index < -0.39 is 0 Å². The van der Waals surface area contributed by atoms with Crippen molar-refractivity contribution in [1.29, 1.82) is 0 Å². The van der Waals surface area contributed by atoms with E-state index in [2.05, 4.69) is 73.7 Å². The first-order chi connectivity index (χ1) is 13.7. The first kappa shape index (κ1) is 16.0. The lowest BCUT2D eigenvalue weighted by Gasteiger charge is -2.28. The molecule has 0 amide bonds. The van der Waals surface area contributed by atoms with Crippen LogP contribution in [0.15, 0.2) is 89.3 Å². The minimum absolute atomic E-state index is 0.210. The lowest BCUT2D eigenvalue weighted by Crippen LogP contribution is -2.22. The van der Waals surface area contributed by atoms with Crippen LogP contribution in [-0.4, -0.2) is 0 Å². The molecule has 0 N–H and O–H groups in total. The van der Waals surface area contributed by atoms with E-state index in [4.69, 9.17) is 16.0 Å². The highest BCUT2D eigenvalue weighted by Crippen LogP contribution is 2.52. The molecule has 0 radical (unpaired) electrons. The van der Waals surface area contributed by atoms with Gasteiger partial charge in [0.05, 0.1) is 0 Å². The van der Waals surface area contributed by atoms with Crippen LogP contribution in [-0.2, 0) is 5.41 Å². The predicted molar refractivity (Wildman–Crippen MR) is 116 cm³/mol. The lowest BCUT2D eigenvalue weighted by atomic mass is 9.74. The van der Waals surface area contributed by atoms with Crippen molar-refractivity contribution in [3.63, 3.8) is 0 Å². The zero-order valence-electron chi connectivity index (χ0n) is 15.4. The lowest BCUT2D eigenvalue weighted by molar-refractivity contribution is 0.662. The van der Waals surface area contributed by atoms with Gasteiger partial charge in [-0.2, -0.15) is 0 Å². The largest absolute Gasteiger partial charge is 0.456 e. The van der Waals surface area contributed by atoms with Crippen molar-refractivity contribution in [2.45, 2.75) is 12.3 Å². The highest BCUT2D eigenvalue weighted by molar-refractivity contribution is 6.31. The molecule has 4 aromatic carbocycles. The first-order valence-electron chi connectivity index (χ1n) is 9.48. The highest BCUT2D eigenvalue weighted by Gasteiger charge is 2.40. The van der Waals surface area contributed by atoms with Gasteiger partial charge in [-0.15, -0.1) is 0 Å². The number of halogens is 1. The van der Waals surface area contributed by atoms with E-state index in [9.17, 15) is 0 Å². The van der Waals surface area contributed by atoms with Crippen molar-refractivity contribution in [2.24, 2.45) is 0 Å². The van der Waals surface area contributed by atoms with Gasteiger partial charge in [-0.3, -0.25) is 0 Å². The maximum atomic E-state index is 6.20. The third kappa shape index (κ3) is 1.97. The average Bonchev–Trinajstić information content (AvgIpc) is 3.22. The van der Waals surface area contributed by atoms with E-state index in [1.807, 2.05) is 18.2 Å². The van der Waals surface area contributed by atoms with Gasteiger partial charge in [0.15, 0.2) is 0 Å². The molecule has 0 saturated carbocycles. The number of hydrogen-bond donors (Lipinski definition) is 0. The summed E-state index contributed by atoms with van der Waals surface area (Å²) in [5.74, 6) is 0. The number of hydrogen-bond acceptors (Lipinski definition) is 1. The van der Waals surface area contributed by atoms with Gasteiger partial charge in [0, 0.05) is 21.2 Å². The standard InChI is InChI=1S/C26H17ClO/c1-26(22-8-4-2-6-18(22)19-7-3-5-9-23(19)26)16-10-12-20-21-15-17(27)11-13-24(21)28-25(20)14-16/h2-15H,1H3. The van der Waals surface area contributed by atoms with E-state index in [1.54, 1.807) is 0 Å². The molecule has 5 aromatic rings. The molecule has 0 saturated heterocycles. The van der Waals surface area contributed by atoms with E-state index >= 15 is 0 Å². The highest BCUT2D eigenvalue weighted by atomic mass is 35.5. The maximum Gasteiger partial charge on any atom is 0.135 e. The molecule has 6 rings (SSSR count). The minimum atomic E-state index is -0.210. The third-order valence-electron chi connectivity index (χ3n) is 6.23. The molecule has 28 heavy (non-hydrogen) atoms. The fourth-order valence-corrected chi connectivity index (χ4v) is 5.00. The van der Waals surface area contributed by atoms with Gasteiger partial charge in [-0.25, -0.2) is 0 Å². The summed E-state index contributed by atoms with van der Waals surface area (Å²) in [7, 11) is 0. The smallest absolute Gasteiger partial charge is 0.135 e. The van der Waals surface area contributed by atoms with Gasteiger partial charge in [0.2, 0.25) is 0 Å². The predicted octanol–water partition coefficient (Wildman–Crippen LogP) is 7.57. The van der Waals surface area contributed by atoms with Crippen molar-refractivity contribution in [2.75, 3.05) is 0 Å². The van der Waals surface area contributed by atoms with Gasteiger partial charge in [0.1, 0.15) is 11.2 Å². The van der Waals surface area contributed by atoms with Gasteiger partial charge >= 0.3 is 0 Å². The van der Waals surface area contributed by atoms with Crippen LogP contribution < -0.4 is 0 Å². The van der Waals surface area contributed by atoms with E-state index in [0.717, 1.165) is 27.0 Å². The van der Waals surface area contributed by atoms with Gasteiger partial charge < -0.3 is 4.42 Å². The topological polar surface area (TPSA) is 13.1 Å². The summed E-state index contributed by atoms with van der Waals surface area (Å²) in [6.45, 7) is 2.32. The van der Waals surface area contributed by atoms with Gasteiger partial charge in [0.25, 0.3) is 0 Å². The van der Waals surface area contributed by atoms with Crippen molar-refractivity contribution in [3.05, 3.63) is 107 Å². The quantitative estimate of drug-likeness (QED) is 0.292. The van der Waals surface area contributed by atoms with Crippen molar-refractivity contribution >= 4 is 33.5 Å². The zero-order chi connectivity index (χ0) is 18.9. The molecule has 134 valence electrons. The molecule has 1 nitrogen and oxygen atoms in total. The Kier molecular flexibility index (Phi) is 3.14. The summed E-state index contributed by atoms with van der Waals surface area (Å²) in [6, 6.07) is 29.8. The van der Waals surface area contributed by atoms with Crippen molar-refractivity contribution < 1.29 is 4.42 Å². The Labute approximate surface area is 168 Å². The SMILES string of the molecule is CC1(c2ccc3c(c2)oc2ccc(Cl)cc23)c2ccccc2-c2ccccc21. The average molecular weight is 381 g/mol. The fourth-order valence-electron chi connectivity index (χ4n) is 4.82. The fraction of sp³-hybridized carbons (Fsp3) is 0.0769. The van der Waals surface area contributed by atoms with E-state index in [1.165, 1.54) is 27.8 Å². The molecule has 2 heteroatoms. The Morgan fingerprint density at radius 1 is 0.679 bits per heavy atom. The molecule has 1 heterocycles. The van der Waals surface area contributed by atoms with Crippen LogP contribution in [0.5, 0.6) is 0 Å². The summed E-state index contributed by atoms with van der Waals surface area (Å²) in [6.07, 6.45) is 0. The van der Waals surface area contributed by atoms with Crippen LogP contribution in [0.1, 0.15) is 23.6 Å². The second-order valence-corrected chi connectivity index (χ2v) is 8.11. The Hall–Kier alpha value is -3.03. The Balaban J connectivity index is 1.65. The van der Waals surface area contributed by atoms with Crippen LogP contribution in [0.25, 0.3) is 33.1 Å². The molecule has 0 unspecified atom stereocenters. The minimum Gasteiger partial charge on any atom is -0.456 e. The molecule has 0 aliphatic heterocycles. The summed E-state index contributed by atoms with van der Waals surface area (Å²) in [5, 5.41) is 2.89. The Morgan fingerprint density at radius 2 is 1.36 bits per heavy atom. The number of rotatable bonds is 1. The van der Waals surface area contributed by atoms with Crippen LogP contribution in [0, 0.1) is 0 Å². The maximum absolute atomic E-state index is 6.20. The summed E-state index contributed by atoms with van der Waals surface area (Å²) < 4.78 is 6.17. The second kappa shape index (κ2) is 5.50. The molecular weight excluding hydrogens is 364 g/mol. The van der Waals surface area contributed by atoms with Crippen molar-refractivity contribution in [3.8, 4) is 11.1 Å². The molecule has 1 aliphatic carbocycles. The molecule has 0 fully saturated rings. The van der Waals surface area contributed by atoms with E-state index in [-0.39, 0.29) is 5.41 Å². The van der Waals surface area contributed by atoms with E-state index in [0.29, 0.717) is 0 Å².